The number of aliphatic hydroxyl groups is 1. The molecule has 9 nitrogen and oxygen atoms in total. The van der Waals surface area contributed by atoms with Crippen molar-refractivity contribution in [3.05, 3.63) is 36.0 Å². The van der Waals surface area contributed by atoms with Crippen LogP contribution in [0.25, 0.3) is 0 Å². The molecule has 2 heterocycles. The zero-order chi connectivity index (χ0) is 19.4. The Morgan fingerprint density at radius 2 is 2.11 bits per heavy atom. The Labute approximate surface area is 157 Å². The predicted molar refractivity (Wildman–Crippen MR) is 99.9 cm³/mol. The topological polar surface area (TPSA) is 145 Å². The number of primary sulfonamides is 1. The fraction of sp³-hybridized carbons (Fsp3) is 0.353. The number of anilines is 3. The second-order valence-corrected chi connectivity index (χ2v) is 7.94. The Bertz CT molecular complexity index is 956. The van der Waals surface area contributed by atoms with Crippen LogP contribution in [0.15, 0.2) is 35.4 Å². The van der Waals surface area contributed by atoms with Gasteiger partial charge >= 0.3 is 0 Å². The summed E-state index contributed by atoms with van der Waals surface area (Å²) in [5.74, 6) is 0.968. The SMILES string of the molecule is N#Cc1cnc(Nc2ccc(S(N)(=O)=O)cc2)nc1N1CCC[C@H](CO)C1. The van der Waals surface area contributed by atoms with Crippen LogP contribution in [-0.4, -0.2) is 43.2 Å². The van der Waals surface area contributed by atoms with Crippen LogP contribution in [0.3, 0.4) is 0 Å². The van der Waals surface area contributed by atoms with Crippen LogP contribution in [0.4, 0.5) is 17.5 Å². The fourth-order valence-electron chi connectivity index (χ4n) is 3.02. The second kappa shape index (κ2) is 7.87. The van der Waals surface area contributed by atoms with Crippen LogP contribution in [0.2, 0.25) is 0 Å². The summed E-state index contributed by atoms with van der Waals surface area (Å²) in [5.41, 5.74) is 0.952. The molecule has 1 aromatic heterocycles. The summed E-state index contributed by atoms with van der Waals surface area (Å²) in [5, 5.41) is 26.9. The molecule has 0 aliphatic carbocycles. The lowest BCUT2D eigenvalue weighted by atomic mass is 9.99. The van der Waals surface area contributed by atoms with E-state index in [9.17, 15) is 18.8 Å². The summed E-state index contributed by atoms with van der Waals surface area (Å²) >= 11 is 0. The predicted octanol–water partition coefficient (Wildman–Crippen LogP) is 0.948. The Morgan fingerprint density at radius 3 is 2.74 bits per heavy atom. The van der Waals surface area contributed by atoms with E-state index in [2.05, 4.69) is 21.4 Å². The van der Waals surface area contributed by atoms with Crippen molar-refractivity contribution in [2.24, 2.45) is 11.1 Å². The molecule has 1 saturated heterocycles. The number of sulfonamides is 1. The van der Waals surface area contributed by atoms with Gasteiger partial charge in [-0.3, -0.25) is 0 Å². The maximum Gasteiger partial charge on any atom is 0.238 e. The van der Waals surface area contributed by atoms with Crippen molar-refractivity contribution in [1.82, 2.24) is 9.97 Å². The average molecular weight is 388 g/mol. The minimum Gasteiger partial charge on any atom is -0.396 e. The van der Waals surface area contributed by atoms with Gasteiger partial charge in [-0.2, -0.15) is 10.2 Å². The van der Waals surface area contributed by atoms with Gasteiger partial charge < -0.3 is 15.3 Å². The highest BCUT2D eigenvalue weighted by molar-refractivity contribution is 7.89. The summed E-state index contributed by atoms with van der Waals surface area (Å²) in [6, 6.07) is 8.00. The third-order valence-corrected chi connectivity index (χ3v) is 5.33. The van der Waals surface area contributed by atoms with Gasteiger partial charge in [-0.25, -0.2) is 18.5 Å². The molecule has 1 aliphatic heterocycles. The van der Waals surface area contributed by atoms with E-state index < -0.39 is 10.0 Å². The third kappa shape index (κ3) is 4.51. The molecule has 1 aliphatic rings. The molecular weight excluding hydrogens is 368 g/mol. The lowest BCUT2D eigenvalue weighted by Crippen LogP contribution is -2.37. The molecule has 4 N–H and O–H groups in total. The molecule has 1 fully saturated rings. The fourth-order valence-corrected chi connectivity index (χ4v) is 3.53. The van der Waals surface area contributed by atoms with Gasteiger partial charge in [0, 0.05) is 25.4 Å². The third-order valence-electron chi connectivity index (χ3n) is 4.40. The Morgan fingerprint density at radius 1 is 1.37 bits per heavy atom. The minimum atomic E-state index is -3.75. The molecule has 3 rings (SSSR count). The number of hydrogen-bond acceptors (Lipinski definition) is 8. The molecule has 0 unspecified atom stereocenters. The summed E-state index contributed by atoms with van der Waals surface area (Å²) in [6.45, 7) is 1.49. The summed E-state index contributed by atoms with van der Waals surface area (Å²) < 4.78 is 22.6. The number of rotatable bonds is 5. The number of aromatic nitrogens is 2. The number of nitrogens with two attached hydrogens (primary N) is 1. The summed E-state index contributed by atoms with van der Waals surface area (Å²) in [4.78, 5) is 10.6. The van der Waals surface area contributed by atoms with Crippen LogP contribution in [0, 0.1) is 17.2 Å². The van der Waals surface area contributed by atoms with E-state index >= 15 is 0 Å². The van der Waals surface area contributed by atoms with E-state index in [1.807, 2.05) is 4.90 Å². The number of piperidine rings is 1. The highest BCUT2D eigenvalue weighted by Crippen LogP contribution is 2.26. The molecule has 0 saturated carbocycles. The zero-order valence-corrected chi connectivity index (χ0v) is 15.4. The Balaban J connectivity index is 1.84. The smallest absolute Gasteiger partial charge is 0.238 e. The standard InChI is InChI=1S/C17H20N6O3S/c18-8-13-9-20-17(21-14-3-5-15(6-4-14)27(19,25)26)22-16(13)23-7-1-2-12(10-23)11-24/h3-6,9,12,24H,1-2,7,10-11H2,(H2,19,25,26)(H,20,21,22)/t12-/m0/s1. The van der Waals surface area contributed by atoms with Gasteiger partial charge in [-0.05, 0) is 43.0 Å². The van der Waals surface area contributed by atoms with Crippen molar-refractivity contribution in [3.8, 4) is 6.07 Å². The van der Waals surface area contributed by atoms with Gasteiger partial charge in [0.15, 0.2) is 5.82 Å². The van der Waals surface area contributed by atoms with Crippen molar-refractivity contribution in [2.75, 3.05) is 29.9 Å². The van der Waals surface area contributed by atoms with Gasteiger partial charge in [0.2, 0.25) is 16.0 Å². The van der Waals surface area contributed by atoms with Crippen molar-refractivity contribution < 1.29 is 13.5 Å². The van der Waals surface area contributed by atoms with Gasteiger partial charge in [0.05, 0.1) is 11.1 Å². The number of aliphatic hydroxyl groups excluding tert-OH is 1. The van der Waals surface area contributed by atoms with Gasteiger partial charge in [-0.1, -0.05) is 0 Å². The molecule has 10 heteroatoms. The number of nitrogens with zero attached hydrogens (tertiary/aromatic N) is 4. The highest BCUT2D eigenvalue weighted by Gasteiger charge is 2.23. The first-order chi connectivity index (χ1) is 12.9. The molecule has 0 amide bonds. The maximum atomic E-state index is 11.3. The number of benzene rings is 1. The minimum absolute atomic E-state index is 0.0119. The molecule has 0 radical (unpaired) electrons. The zero-order valence-electron chi connectivity index (χ0n) is 14.5. The lowest BCUT2D eigenvalue weighted by molar-refractivity contribution is 0.208. The Hall–Kier alpha value is -2.74. The number of nitriles is 1. The molecular formula is C17H20N6O3S. The first kappa shape index (κ1) is 19.0. The van der Waals surface area contributed by atoms with Crippen LogP contribution >= 0.6 is 0 Å². The number of hydrogen-bond donors (Lipinski definition) is 3. The highest BCUT2D eigenvalue weighted by atomic mass is 32.2. The van der Waals surface area contributed by atoms with Crippen LogP contribution in [0.1, 0.15) is 18.4 Å². The quantitative estimate of drug-likeness (QED) is 0.686. The van der Waals surface area contributed by atoms with E-state index in [0.29, 0.717) is 29.6 Å². The van der Waals surface area contributed by atoms with Crippen LogP contribution in [-0.2, 0) is 10.0 Å². The summed E-state index contributed by atoms with van der Waals surface area (Å²) in [7, 11) is -3.75. The van der Waals surface area contributed by atoms with Crippen molar-refractivity contribution >= 4 is 27.5 Å². The van der Waals surface area contributed by atoms with E-state index in [-0.39, 0.29) is 17.4 Å². The molecule has 1 aromatic carbocycles. The second-order valence-electron chi connectivity index (χ2n) is 6.37. The molecule has 142 valence electrons. The van der Waals surface area contributed by atoms with Crippen LogP contribution in [0.5, 0.6) is 0 Å². The van der Waals surface area contributed by atoms with E-state index in [4.69, 9.17) is 5.14 Å². The molecule has 27 heavy (non-hydrogen) atoms. The van der Waals surface area contributed by atoms with Crippen molar-refractivity contribution in [1.29, 1.82) is 5.26 Å². The molecule has 1 atom stereocenters. The summed E-state index contributed by atoms with van der Waals surface area (Å²) in [6.07, 6.45) is 3.31. The number of nitrogens with one attached hydrogen (secondary N) is 1. The average Bonchev–Trinajstić information content (AvgIpc) is 2.67. The van der Waals surface area contributed by atoms with Gasteiger partial charge in [0.25, 0.3) is 0 Å². The van der Waals surface area contributed by atoms with Gasteiger partial charge in [-0.15, -0.1) is 0 Å². The molecule has 2 aromatic rings. The van der Waals surface area contributed by atoms with E-state index in [1.54, 1.807) is 12.1 Å². The van der Waals surface area contributed by atoms with Crippen molar-refractivity contribution in [3.63, 3.8) is 0 Å². The van der Waals surface area contributed by atoms with E-state index in [1.165, 1.54) is 18.3 Å². The first-order valence-corrected chi connectivity index (χ1v) is 9.98. The monoisotopic (exact) mass is 388 g/mol. The molecule has 0 bridgehead atoms. The van der Waals surface area contributed by atoms with Crippen molar-refractivity contribution in [2.45, 2.75) is 17.7 Å². The first-order valence-electron chi connectivity index (χ1n) is 8.43. The maximum absolute atomic E-state index is 11.3. The largest absolute Gasteiger partial charge is 0.396 e. The van der Waals surface area contributed by atoms with Crippen LogP contribution < -0.4 is 15.4 Å². The lowest BCUT2D eigenvalue weighted by Gasteiger charge is -2.33. The van der Waals surface area contributed by atoms with E-state index in [0.717, 1.165) is 19.4 Å². The normalized spacial score (nSPS) is 17.4. The van der Waals surface area contributed by atoms with Gasteiger partial charge in [0.1, 0.15) is 11.6 Å². The Kier molecular flexibility index (Phi) is 5.55. The molecule has 0 spiro atoms.